The zero-order valence-electron chi connectivity index (χ0n) is 11.5. The molecular weight excluding hydrogens is 258 g/mol. The van der Waals surface area contributed by atoms with Gasteiger partial charge in [-0.25, -0.2) is 0 Å². The van der Waals surface area contributed by atoms with Gasteiger partial charge in [-0.05, 0) is 25.7 Å². The number of amidine groups is 1. The molecule has 6 nitrogen and oxygen atoms in total. The van der Waals surface area contributed by atoms with Gasteiger partial charge in [-0.2, -0.15) is 0 Å². The summed E-state index contributed by atoms with van der Waals surface area (Å²) in [6, 6.07) is 0. The third kappa shape index (κ3) is 3.14. The smallest absolute Gasteiger partial charge is 0.203 e. The molecule has 1 aliphatic heterocycles. The predicted molar refractivity (Wildman–Crippen MR) is 75.3 cm³/mol. The number of carbonyl (C=O) groups is 1. The van der Waals surface area contributed by atoms with Crippen LogP contribution in [0.1, 0.15) is 35.7 Å². The fourth-order valence-electron chi connectivity index (χ4n) is 2.41. The highest BCUT2D eigenvalue weighted by Gasteiger charge is 2.17. The van der Waals surface area contributed by atoms with Crippen LogP contribution >= 0.6 is 0 Å². The van der Waals surface area contributed by atoms with Gasteiger partial charge in [0.1, 0.15) is 5.84 Å². The van der Waals surface area contributed by atoms with E-state index >= 15 is 0 Å². The molecule has 2 rings (SSSR count). The first-order valence-corrected chi connectivity index (χ1v) is 6.66. The number of nitrogens with two attached hydrogens (primary N) is 1. The molecule has 0 unspecified atom stereocenters. The largest absolute Gasteiger partial charge is 0.384 e. The highest BCUT2D eigenvalue weighted by Crippen LogP contribution is 2.17. The Hall–Kier alpha value is -1.95. The monoisotopic (exact) mass is 277 g/mol. The summed E-state index contributed by atoms with van der Waals surface area (Å²) in [7, 11) is 0. The second kappa shape index (κ2) is 6.00. The lowest BCUT2D eigenvalue weighted by molar-refractivity contribution is 0.0611. The number of Topliss-reactive ketones (excluding diaryl/α,β-unsaturated/α-hetero) is 1. The van der Waals surface area contributed by atoms with Gasteiger partial charge in [-0.3, -0.25) is 15.0 Å². The summed E-state index contributed by atoms with van der Waals surface area (Å²) in [5.41, 5.74) is 5.14. The normalized spacial score (nSPS) is 16.1. The fourth-order valence-corrected chi connectivity index (χ4v) is 2.41. The number of hydrogen-bond acceptors (Lipinski definition) is 4. The third-order valence-electron chi connectivity index (χ3n) is 3.56. The fraction of sp³-hybridized carbons (Fsp3) is 0.500. The minimum absolute atomic E-state index is 0.0877. The minimum atomic E-state index is -0.465. The number of hydrogen-bond donors (Lipinski definition) is 2. The van der Waals surface area contributed by atoms with Crippen LogP contribution in [-0.4, -0.2) is 29.4 Å². The van der Waals surface area contributed by atoms with E-state index < -0.39 is 5.43 Å². The Morgan fingerprint density at radius 3 is 2.55 bits per heavy atom. The molecule has 1 aromatic rings. The number of carbonyl (C=O) groups excluding carboxylic acids is 1. The van der Waals surface area contributed by atoms with Crippen molar-refractivity contribution in [2.75, 3.05) is 13.2 Å². The number of ether oxygens (including phenoxy) is 1. The summed E-state index contributed by atoms with van der Waals surface area (Å²) in [6.07, 6.45) is 5.03. The minimum Gasteiger partial charge on any atom is -0.384 e. The molecule has 0 aliphatic carbocycles. The number of ketones is 1. The number of pyridine rings is 1. The Morgan fingerprint density at radius 1 is 1.40 bits per heavy atom. The van der Waals surface area contributed by atoms with Crippen LogP contribution in [0.5, 0.6) is 0 Å². The summed E-state index contributed by atoms with van der Waals surface area (Å²) < 4.78 is 7.11. The highest BCUT2D eigenvalue weighted by atomic mass is 16.5. The molecule has 0 amide bonds. The van der Waals surface area contributed by atoms with Gasteiger partial charge in [0.05, 0.1) is 11.1 Å². The van der Waals surface area contributed by atoms with Crippen LogP contribution in [0.15, 0.2) is 17.2 Å². The standard InChI is InChI=1S/C14H19N3O3/c1-9(18)11-7-17(6-10-2-4-20-5-3-10)8-12(13(11)19)14(15)16/h7-8,10H,2-6H2,1H3,(H3,15,16). The maximum atomic E-state index is 12.0. The Labute approximate surface area is 117 Å². The van der Waals surface area contributed by atoms with Gasteiger partial charge < -0.3 is 15.0 Å². The maximum Gasteiger partial charge on any atom is 0.203 e. The average molecular weight is 277 g/mol. The van der Waals surface area contributed by atoms with Crippen molar-refractivity contribution >= 4 is 11.6 Å². The maximum absolute atomic E-state index is 12.0. The SMILES string of the molecule is CC(=O)c1cn(CC2CCOCC2)cc(C(=N)N)c1=O. The molecule has 0 bridgehead atoms. The van der Waals surface area contributed by atoms with Crippen molar-refractivity contribution in [2.24, 2.45) is 11.7 Å². The van der Waals surface area contributed by atoms with E-state index in [2.05, 4.69) is 0 Å². The van der Waals surface area contributed by atoms with E-state index in [1.807, 2.05) is 0 Å². The van der Waals surface area contributed by atoms with Crippen LogP contribution in [0.2, 0.25) is 0 Å². The molecule has 108 valence electrons. The van der Waals surface area contributed by atoms with Gasteiger partial charge in [-0.1, -0.05) is 0 Å². The molecule has 0 spiro atoms. The molecular formula is C14H19N3O3. The molecule has 1 aliphatic rings. The van der Waals surface area contributed by atoms with Gasteiger partial charge in [0.2, 0.25) is 5.43 Å². The van der Waals surface area contributed by atoms with E-state index in [-0.39, 0.29) is 22.7 Å². The quantitative estimate of drug-likeness (QED) is 0.482. The van der Waals surface area contributed by atoms with Crippen LogP contribution < -0.4 is 11.2 Å². The van der Waals surface area contributed by atoms with Crippen molar-refractivity contribution in [3.05, 3.63) is 33.7 Å². The molecule has 1 aromatic heterocycles. The van der Waals surface area contributed by atoms with Crippen molar-refractivity contribution in [3.8, 4) is 0 Å². The summed E-state index contributed by atoms with van der Waals surface area (Å²) in [6.45, 7) is 3.53. The van der Waals surface area contributed by atoms with Crippen molar-refractivity contribution in [2.45, 2.75) is 26.3 Å². The molecule has 6 heteroatoms. The second-order valence-corrected chi connectivity index (χ2v) is 5.14. The summed E-state index contributed by atoms with van der Waals surface area (Å²) in [4.78, 5) is 23.6. The van der Waals surface area contributed by atoms with E-state index in [1.54, 1.807) is 17.0 Å². The Balaban J connectivity index is 2.35. The number of nitrogens with one attached hydrogen (secondary N) is 1. The third-order valence-corrected chi connectivity index (χ3v) is 3.56. The lowest BCUT2D eigenvalue weighted by atomic mass is 10.00. The number of nitrogens with zero attached hydrogens (tertiary/aromatic N) is 1. The van der Waals surface area contributed by atoms with Crippen molar-refractivity contribution in [3.63, 3.8) is 0 Å². The van der Waals surface area contributed by atoms with E-state index in [0.29, 0.717) is 12.5 Å². The molecule has 20 heavy (non-hydrogen) atoms. The van der Waals surface area contributed by atoms with Gasteiger partial charge in [0, 0.05) is 32.2 Å². The van der Waals surface area contributed by atoms with E-state index in [4.69, 9.17) is 15.9 Å². The van der Waals surface area contributed by atoms with Crippen LogP contribution in [0, 0.1) is 11.3 Å². The van der Waals surface area contributed by atoms with Gasteiger partial charge in [0.25, 0.3) is 0 Å². The molecule has 0 atom stereocenters. The number of rotatable bonds is 4. The Morgan fingerprint density at radius 2 is 2.00 bits per heavy atom. The molecule has 3 N–H and O–H groups in total. The highest BCUT2D eigenvalue weighted by molar-refractivity contribution is 5.99. The molecule has 2 heterocycles. The molecule has 1 saturated heterocycles. The van der Waals surface area contributed by atoms with Crippen LogP contribution in [0.3, 0.4) is 0 Å². The predicted octanol–water partition coefficient (Wildman–Crippen LogP) is 0.762. The molecule has 0 radical (unpaired) electrons. The topological polar surface area (TPSA) is 98.2 Å². The molecule has 1 fully saturated rings. The lowest BCUT2D eigenvalue weighted by Gasteiger charge is -2.23. The van der Waals surface area contributed by atoms with Crippen LogP contribution in [-0.2, 0) is 11.3 Å². The zero-order valence-corrected chi connectivity index (χ0v) is 11.5. The zero-order chi connectivity index (χ0) is 14.7. The first-order valence-electron chi connectivity index (χ1n) is 6.66. The van der Waals surface area contributed by atoms with Crippen molar-refractivity contribution in [1.29, 1.82) is 5.41 Å². The van der Waals surface area contributed by atoms with Gasteiger partial charge in [0.15, 0.2) is 5.78 Å². The van der Waals surface area contributed by atoms with Crippen LogP contribution in [0.25, 0.3) is 0 Å². The summed E-state index contributed by atoms with van der Waals surface area (Å²) in [5, 5.41) is 7.46. The van der Waals surface area contributed by atoms with E-state index in [1.165, 1.54) is 6.92 Å². The molecule has 0 aromatic carbocycles. The number of aromatic nitrogens is 1. The molecule has 0 saturated carbocycles. The van der Waals surface area contributed by atoms with Crippen molar-refractivity contribution < 1.29 is 9.53 Å². The average Bonchev–Trinajstić information content (AvgIpc) is 2.41. The summed E-state index contributed by atoms with van der Waals surface area (Å²) >= 11 is 0. The first kappa shape index (κ1) is 14.5. The van der Waals surface area contributed by atoms with Crippen LogP contribution in [0.4, 0.5) is 0 Å². The van der Waals surface area contributed by atoms with Gasteiger partial charge >= 0.3 is 0 Å². The second-order valence-electron chi connectivity index (χ2n) is 5.14. The first-order chi connectivity index (χ1) is 9.49. The van der Waals surface area contributed by atoms with E-state index in [9.17, 15) is 9.59 Å². The van der Waals surface area contributed by atoms with Gasteiger partial charge in [-0.15, -0.1) is 0 Å². The number of nitrogen functional groups attached to an aromatic ring is 1. The van der Waals surface area contributed by atoms with E-state index in [0.717, 1.165) is 26.1 Å². The van der Waals surface area contributed by atoms with Crippen molar-refractivity contribution in [1.82, 2.24) is 4.57 Å². The lowest BCUT2D eigenvalue weighted by Crippen LogP contribution is -2.29. The summed E-state index contributed by atoms with van der Waals surface area (Å²) in [5.74, 6) is -0.163. The Kier molecular flexibility index (Phi) is 4.34. The Bertz CT molecular complexity index is 548.